The molecule has 3 aliphatic rings. The van der Waals surface area contributed by atoms with Crippen molar-refractivity contribution in [1.29, 1.82) is 0 Å². The Balaban J connectivity index is 0.000000580. The lowest BCUT2D eigenvalue weighted by molar-refractivity contribution is -0.123. The number of pyridine rings is 1. The molecular formula is C26H35N3O8. The predicted molar refractivity (Wildman–Crippen MR) is 136 cm³/mol. The second-order valence-corrected chi connectivity index (χ2v) is 9.68. The van der Waals surface area contributed by atoms with Crippen LogP contribution in [-0.4, -0.2) is 101 Å². The monoisotopic (exact) mass is 517 g/mol. The van der Waals surface area contributed by atoms with Gasteiger partial charge in [-0.1, -0.05) is 18.2 Å². The van der Waals surface area contributed by atoms with Gasteiger partial charge in [0.15, 0.2) is 0 Å². The van der Waals surface area contributed by atoms with Gasteiger partial charge in [0, 0.05) is 50.8 Å². The first-order chi connectivity index (χ1) is 17.9. The Kier molecular flexibility index (Phi) is 10.2. The Labute approximate surface area is 215 Å². The Morgan fingerprint density at radius 3 is 2.32 bits per heavy atom. The number of nitrogens with zero attached hydrogens (tertiary/aromatic N) is 3. The first kappa shape index (κ1) is 28.3. The van der Waals surface area contributed by atoms with Gasteiger partial charge in [-0.25, -0.2) is 9.78 Å². The third kappa shape index (κ3) is 7.15. The number of hydrogen-bond acceptors (Lipinski definition) is 8. The molecule has 0 bridgehead atoms. The van der Waals surface area contributed by atoms with Crippen molar-refractivity contribution in [2.24, 2.45) is 5.41 Å². The Hall–Kier alpha value is -3.28. The van der Waals surface area contributed by atoms with E-state index in [4.69, 9.17) is 29.5 Å². The summed E-state index contributed by atoms with van der Waals surface area (Å²) in [5.41, 5.74) is 1.15. The zero-order valence-corrected chi connectivity index (χ0v) is 20.7. The van der Waals surface area contributed by atoms with Crippen molar-refractivity contribution in [2.75, 3.05) is 44.3 Å². The SMILES string of the molecule is O=C(O)c1cc(N2CCC3(CC2)CC(O)CN(C2CCOCC2)C3)nc2ccccc12.O=CO.O=CO. The number of fused-ring (bicyclic) bond motifs is 1. The molecule has 0 amide bonds. The van der Waals surface area contributed by atoms with E-state index < -0.39 is 5.97 Å². The number of para-hydroxylation sites is 1. The number of aliphatic hydroxyl groups is 1. The molecule has 202 valence electrons. The second-order valence-electron chi connectivity index (χ2n) is 9.68. The first-order valence-corrected chi connectivity index (χ1v) is 12.4. The highest BCUT2D eigenvalue weighted by Crippen LogP contribution is 2.42. The van der Waals surface area contributed by atoms with E-state index in [-0.39, 0.29) is 24.5 Å². The molecule has 1 aromatic heterocycles. The van der Waals surface area contributed by atoms with E-state index in [0.29, 0.717) is 17.0 Å². The van der Waals surface area contributed by atoms with Crippen molar-refractivity contribution in [2.45, 2.75) is 44.2 Å². The third-order valence-electron chi connectivity index (χ3n) is 7.44. The maximum absolute atomic E-state index is 11.8. The average Bonchev–Trinajstić information content (AvgIpc) is 2.89. The number of carboxylic acids is 1. The van der Waals surface area contributed by atoms with Crippen molar-refractivity contribution in [3.05, 3.63) is 35.9 Å². The summed E-state index contributed by atoms with van der Waals surface area (Å²) >= 11 is 0. The minimum atomic E-state index is -0.921. The number of β-amino-alcohol motifs (C(OH)–C–C–N with tert-alkyl or cyclic N) is 1. The number of rotatable bonds is 3. The number of piperidine rings is 2. The molecule has 2 aromatic rings. The molecule has 3 saturated heterocycles. The summed E-state index contributed by atoms with van der Waals surface area (Å²) in [5, 5.41) is 34.8. The van der Waals surface area contributed by atoms with Gasteiger partial charge in [0.25, 0.3) is 12.9 Å². The third-order valence-corrected chi connectivity index (χ3v) is 7.44. The van der Waals surface area contributed by atoms with Gasteiger partial charge >= 0.3 is 5.97 Å². The van der Waals surface area contributed by atoms with Crippen molar-refractivity contribution in [3.8, 4) is 0 Å². The van der Waals surface area contributed by atoms with Gasteiger partial charge in [-0.3, -0.25) is 14.5 Å². The van der Waals surface area contributed by atoms with Crippen molar-refractivity contribution >= 4 is 35.6 Å². The maximum atomic E-state index is 11.8. The van der Waals surface area contributed by atoms with Crippen molar-refractivity contribution in [1.82, 2.24) is 9.88 Å². The lowest BCUT2D eigenvalue weighted by Crippen LogP contribution is -2.57. The van der Waals surface area contributed by atoms with E-state index in [1.165, 1.54) is 0 Å². The highest BCUT2D eigenvalue weighted by Gasteiger charge is 2.43. The smallest absolute Gasteiger partial charge is 0.336 e. The van der Waals surface area contributed by atoms with Gasteiger partial charge in [0.1, 0.15) is 5.82 Å². The van der Waals surface area contributed by atoms with Gasteiger partial charge in [0.2, 0.25) is 0 Å². The summed E-state index contributed by atoms with van der Waals surface area (Å²) in [6.07, 6.45) is 4.65. The molecule has 4 N–H and O–H groups in total. The lowest BCUT2D eigenvalue weighted by atomic mass is 9.71. The van der Waals surface area contributed by atoms with E-state index >= 15 is 0 Å². The molecule has 0 aliphatic carbocycles. The van der Waals surface area contributed by atoms with Gasteiger partial charge in [0.05, 0.1) is 17.2 Å². The molecule has 37 heavy (non-hydrogen) atoms. The minimum Gasteiger partial charge on any atom is -0.483 e. The van der Waals surface area contributed by atoms with Crippen LogP contribution in [0.3, 0.4) is 0 Å². The molecule has 11 heteroatoms. The molecule has 4 heterocycles. The maximum Gasteiger partial charge on any atom is 0.336 e. The number of aliphatic hydroxyl groups excluding tert-OH is 1. The quantitative estimate of drug-likeness (QED) is 0.442. The summed E-state index contributed by atoms with van der Waals surface area (Å²) in [6.45, 7) is 4.60. The molecular weight excluding hydrogens is 482 g/mol. The van der Waals surface area contributed by atoms with Gasteiger partial charge < -0.3 is 30.1 Å². The number of aromatic nitrogens is 1. The topological polar surface area (TPSA) is 161 Å². The fourth-order valence-corrected chi connectivity index (χ4v) is 5.80. The Morgan fingerprint density at radius 2 is 1.70 bits per heavy atom. The highest BCUT2D eigenvalue weighted by atomic mass is 16.5. The molecule has 11 nitrogen and oxygen atoms in total. The molecule has 1 spiro atoms. The second kappa shape index (κ2) is 13.3. The van der Waals surface area contributed by atoms with Crippen LogP contribution >= 0.6 is 0 Å². The van der Waals surface area contributed by atoms with E-state index in [9.17, 15) is 15.0 Å². The van der Waals surface area contributed by atoms with Crippen LogP contribution in [-0.2, 0) is 14.3 Å². The van der Waals surface area contributed by atoms with Crippen molar-refractivity contribution in [3.63, 3.8) is 0 Å². The van der Waals surface area contributed by atoms with Crippen LogP contribution in [0, 0.1) is 5.41 Å². The van der Waals surface area contributed by atoms with Crippen LogP contribution < -0.4 is 4.90 Å². The van der Waals surface area contributed by atoms with E-state index in [1.54, 1.807) is 6.07 Å². The molecule has 3 aliphatic heterocycles. The number of hydrogen-bond donors (Lipinski definition) is 4. The van der Waals surface area contributed by atoms with Crippen LogP contribution in [0.25, 0.3) is 10.9 Å². The van der Waals surface area contributed by atoms with Gasteiger partial charge in [-0.05, 0) is 49.7 Å². The molecule has 5 rings (SSSR count). The first-order valence-electron chi connectivity index (χ1n) is 12.4. The summed E-state index contributed by atoms with van der Waals surface area (Å²) in [6, 6.07) is 9.66. The number of aromatic carboxylic acids is 1. The molecule has 0 saturated carbocycles. The number of carbonyl (C=O) groups is 3. The Bertz CT molecular complexity index is 1050. The molecule has 1 unspecified atom stereocenters. The van der Waals surface area contributed by atoms with Gasteiger partial charge in [-0.2, -0.15) is 0 Å². The standard InChI is InChI=1S/C24H31N3O4.2CH2O2/c28-18-14-24(16-27(15-18)17-5-11-31-12-6-17)7-9-26(10-8-24)22-13-20(23(29)30)19-3-1-2-4-21(19)25-22;2*2-1-3/h1-4,13,17-18,28H,5-12,14-16H2,(H,29,30);2*1H,(H,2,3). The average molecular weight is 518 g/mol. The minimum absolute atomic E-state index is 0.124. The summed E-state index contributed by atoms with van der Waals surface area (Å²) in [4.78, 5) is 38.0. The zero-order valence-electron chi connectivity index (χ0n) is 20.7. The van der Waals surface area contributed by atoms with Crippen LogP contribution in [0.5, 0.6) is 0 Å². The number of carboxylic acid groups (broad SMARTS) is 3. The number of anilines is 1. The summed E-state index contributed by atoms with van der Waals surface area (Å²) in [5.74, 6) is -0.181. The van der Waals surface area contributed by atoms with E-state index in [0.717, 1.165) is 82.8 Å². The number of likely N-dealkylation sites (tertiary alicyclic amines) is 1. The zero-order chi connectivity index (χ0) is 26.8. The summed E-state index contributed by atoms with van der Waals surface area (Å²) < 4.78 is 5.53. The van der Waals surface area contributed by atoms with Crippen LogP contribution in [0.4, 0.5) is 5.82 Å². The van der Waals surface area contributed by atoms with Crippen LogP contribution in [0.1, 0.15) is 42.5 Å². The molecule has 1 atom stereocenters. The normalized spacial score (nSPS) is 21.8. The number of ether oxygens (including phenoxy) is 1. The summed E-state index contributed by atoms with van der Waals surface area (Å²) in [7, 11) is 0. The number of benzene rings is 1. The fourth-order valence-electron chi connectivity index (χ4n) is 5.80. The van der Waals surface area contributed by atoms with E-state index in [2.05, 4.69) is 9.80 Å². The van der Waals surface area contributed by atoms with Gasteiger partial charge in [-0.15, -0.1) is 0 Å². The Morgan fingerprint density at radius 1 is 1.08 bits per heavy atom. The molecule has 1 aromatic carbocycles. The van der Waals surface area contributed by atoms with E-state index in [1.807, 2.05) is 24.3 Å². The van der Waals surface area contributed by atoms with Crippen molar-refractivity contribution < 1.29 is 39.5 Å². The largest absolute Gasteiger partial charge is 0.483 e. The predicted octanol–water partition coefficient (Wildman–Crippen LogP) is 2.17. The van der Waals surface area contributed by atoms with Crippen LogP contribution in [0.2, 0.25) is 0 Å². The highest BCUT2D eigenvalue weighted by molar-refractivity contribution is 6.03. The molecule has 0 radical (unpaired) electrons. The lowest BCUT2D eigenvalue weighted by Gasteiger charge is -2.51. The molecule has 3 fully saturated rings. The van der Waals surface area contributed by atoms with Crippen LogP contribution in [0.15, 0.2) is 30.3 Å². The fraction of sp³-hybridized carbons (Fsp3) is 0.538.